The predicted molar refractivity (Wildman–Crippen MR) is 80.3 cm³/mol. The molecule has 0 aromatic rings. The first kappa shape index (κ1) is 17.0. The number of carbonyl (C=O) groups excluding carboxylic acids is 2. The lowest BCUT2D eigenvalue weighted by atomic mass is 9.88. The van der Waals surface area contributed by atoms with Crippen LogP contribution in [0.2, 0.25) is 0 Å². The lowest BCUT2D eigenvalue weighted by molar-refractivity contribution is -0.129. The van der Waals surface area contributed by atoms with Gasteiger partial charge in [0.15, 0.2) is 0 Å². The van der Waals surface area contributed by atoms with E-state index in [9.17, 15) is 9.59 Å². The van der Waals surface area contributed by atoms with E-state index in [4.69, 9.17) is 0 Å². The molecule has 0 aromatic heterocycles. The van der Waals surface area contributed by atoms with E-state index in [1.165, 1.54) is 39.0 Å². The molecule has 1 saturated carbocycles. The predicted octanol–water partition coefficient (Wildman–Crippen LogP) is 1.14. The molecule has 0 aromatic carbocycles. The summed E-state index contributed by atoms with van der Waals surface area (Å²) in [7, 11) is 3.64. The van der Waals surface area contributed by atoms with Gasteiger partial charge in [0, 0.05) is 26.6 Å². The van der Waals surface area contributed by atoms with Gasteiger partial charge in [-0.3, -0.25) is 9.59 Å². The Morgan fingerprint density at radius 3 is 2.35 bits per heavy atom. The third-order valence-corrected chi connectivity index (χ3v) is 4.34. The third-order valence-electron chi connectivity index (χ3n) is 4.34. The highest BCUT2D eigenvalue weighted by atomic mass is 16.2. The monoisotopic (exact) mass is 283 g/mol. The van der Waals surface area contributed by atoms with Gasteiger partial charge in [0.25, 0.3) is 0 Å². The van der Waals surface area contributed by atoms with Crippen molar-refractivity contribution in [3.05, 3.63) is 0 Å². The number of nitrogens with zero attached hydrogens (tertiary/aromatic N) is 1. The van der Waals surface area contributed by atoms with E-state index in [0.717, 1.165) is 12.5 Å². The molecule has 1 fully saturated rings. The van der Waals surface area contributed by atoms with Gasteiger partial charge in [-0.1, -0.05) is 19.3 Å². The van der Waals surface area contributed by atoms with Gasteiger partial charge in [0.1, 0.15) is 6.04 Å². The van der Waals surface area contributed by atoms with Crippen molar-refractivity contribution < 1.29 is 9.59 Å². The fourth-order valence-corrected chi connectivity index (χ4v) is 2.98. The molecule has 0 aliphatic heterocycles. The summed E-state index contributed by atoms with van der Waals surface area (Å²) in [5, 5.41) is 5.39. The third kappa shape index (κ3) is 5.12. The summed E-state index contributed by atoms with van der Waals surface area (Å²) in [4.78, 5) is 25.4. The largest absolute Gasteiger partial charge is 0.357 e. The van der Waals surface area contributed by atoms with Crippen LogP contribution in [-0.2, 0) is 9.59 Å². The van der Waals surface area contributed by atoms with Gasteiger partial charge in [-0.25, -0.2) is 0 Å². The minimum absolute atomic E-state index is 0.0132. The molecule has 5 nitrogen and oxygen atoms in total. The van der Waals surface area contributed by atoms with Crippen molar-refractivity contribution >= 4 is 11.8 Å². The second kappa shape index (κ2) is 8.25. The van der Waals surface area contributed by atoms with Crippen molar-refractivity contribution in [2.75, 3.05) is 20.6 Å². The van der Waals surface area contributed by atoms with Crippen molar-refractivity contribution in [1.29, 1.82) is 0 Å². The van der Waals surface area contributed by atoms with Crippen LogP contribution >= 0.6 is 0 Å². The smallest absolute Gasteiger partial charge is 0.243 e. The molecule has 5 heteroatoms. The zero-order valence-electron chi connectivity index (χ0n) is 13.2. The van der Waals surface area contributed by atoms with Crippen LogP contribution in [0.3, 0.4) is 0 Å². The number of rotatable bonds is 6. The molecule has 2 amide bonds. The first-order valence-corrected chi connectivity index (χ1v) is 7.64. The quantitative estimate of drug-likeness (QED) is 0.768. The topological polar surface area (TPSA) is 61.4 Å². The summed E-state index contributed by atoms with van der Waals surface area (Å²) in [6, 6.07) is -0.508. The fourth-order valence-electron chi connectivity index (χ4n) is 2.98. The zero-order chi connectivity index (χ0) is 15.1. The summed E-state index contributed by atoms with van der Waals surface area (Å²) in [5.41, 5.74) is 0. The minimum atomic E-state index is -0.494. The van der Waals surface area contributed by atoms with Gasteiger partial charge >= 0.3 is 0 Å². The van der Waals surface area contributed by atoms with E-state index < -0.39 is 6.04 Å². The van der Waals surface area contributed by atoms with Crippen LogP contribution in [0, 0.1) is 5.92 Å². The van der Waals surface area contributed by atoms with E-state index in [1.807, 2.05) is 14.0 Å². The summed E-state index contributed by atoms with van der Waals surface area (Å²) < 4.78 is 0. The van der Waals surface area contributed by atoms with Crippen LogP contribution < -0.4 is 10.6 Å². The molecule has 0 saturated heterocycles. The Bertz CT molecular complexity index is 327. The number of hydrogen-bond donors (Lipinski definition) is 2. The van der Waals surface area contributed by atoms with Gasteiger partial charge in [-0.2, -0.15) is 0 Å². The van der Waals surface area contributed by atoms with Crippen LogP contribution in [0.15, 0.2) is 0 Å². The molecule has 1 aliphatic rings. The summed E-state index contributed by atoms with van der Waals surface area (Å²) in [6.45, 7) is 4.44. The first-order valence-electron chi connectivity index (χ1n) is 7.64. The molecule has 1 aliphatic carbocycles. The highest BCUT2D eigenvalue weighted by Crippen LogP contribution is 2.24. The number of amides is 2. The lowest BCUT2D eigenvalue weighted by Gasteiger charge is -2.34. The van der Waals surface area contributed by atoms with Crippen LogP contribution in [0.4, 0.5) is 0 Å². The van der Waals surface area contributed by atoms with Gasteiger partial charge in [0.2, 0.25) is 11.8 Å². The molecule has 116 valence electrons. The van der Waals surface area contributed by atoms with Crippen molar-refractivity contribution in [3.8, 4) is 0 Å². The average Bonchev–Trinajstić information content (AvgIpc) is 2.44. The Kier molecular flexibility index (Phi) is 6.99. The molecule has 1 rings (SSSR count). The Labute approximate surface area is 122 Å². The van der Waals surface area contributed by atoms with Crippen LogP contribution in [0.25, 0.3) is 0 Å². The normalized spacial score (nSPS) is 19.4. The van der Waals surface area contributed by atoms with Crippen molar-refractivity contribution in [2.45, 2.75) is 58.0 Å². The van der Waals surface area contributed by atoms with Gasteiger partial charge in [-0.05, 0) is 32.7 Å². The second-order valence-corrected chi connectivity index (χ2v) is 5.98. The molecule has 0 spiro atoms. The average molecular weight is 283 g/mol. The van der Waals surface area contributed by atoms with Crippen LogP contribution in [0.1, 0.15) is 46.0 Å². The Morgan fingerprint density at radius 2 is 1.85 bits per heavy atom. The molecular weight excluding hydrogens is 254 g/mol. The molecule has 20 heavy (non-hydrogen) atoms. The van der Waals surface area contributed by atoms with Gasteiger partial charge in [0.05, 0.1) is 0 Å². The highest BCUT2D eigenvalue weighted by Gasteiger charge is 2.29. The molecule has 2 atom stereocenters. The molecular formula is C15H29N3O2. The fraction of sp³-hybridized carbons (Fsp3) is 0.867. The molecule has 0 bridgehead atoms. The maximum Gasteiger partial charge on any atom is 0.243 e. The van der Waals surface area contributed by atoms with Crippen LogP contribution in [0.5, 0.6) is 0 Å². The van der Waals surface area contributed by atoms with E-state index >= 15 is 0 Å². The standard InChI is InChI=1S/C15H29N3O2/c1-11(14(15(20)16-3)17-12(2)19)18(4)10-13-8-6-5-7-9-13/h11,13-14H,5-10H2,1-4H3,(H,16,20)(H,17,19). The van der Waals surface area contributed by atoms with E-state index in [2.05, 4.69) is 15.5 Å². The molecule has 2 N–H and O–H groups in total. The highest BCUT2D eigenvalue weighted by molar-refractivity contribution is 5.87. The van der Waals surface area contributed by atoms with Crippen molar-refractivity contribution in [2.24, 2.45) is 5.92 Å². The number of nitrogens with one attached hydrogen (secondary N) is 2. The van der Waals surface area contributed by atoms with Crippen molar-refractivity contribution in [1.82, 2.24) is 15.5 Å². The molecule has 0 radical (unpaired) electrons. The SMILES string of the molecule is CNC(=O)C(NC(C)=O)C(C)N(C)CC1CCCCC1. The number of likely N-dealkylation sites (N-methyl/N-ethyl adjacent to an activating group) is 2. The summed E-state index contributed by atoms with van der Waals surface area (Å²) in [5.74, 6) is 0.415. The number of hydrogen-bond acceptors (Lipinski definition) is 3. The first-order chi connectivity index (χ1) is 9.45. The second-order valence-electron chi connectivity index (χ2n) is 5.98. The lowest BCUT2D eigenvalue weighted by Crippen LogP contribution is -2.56. The van der Waals surface area contributed by atoms with E-state index in [-0.39, 0.29) is 17.9 Å². The van der Waals surface area contributed by atoms with Gasteiger partial charge < -0.3 is 15.5 Å². The molecule has 0 heterocycles. The Hall–Kier alpha value is -1.10. The van der Waals surface area contributed by atoms with E-state index in [0.29, 0.717) is 0 Å². The zero-order valence-corrected chi connectivity index (χ0v) is 13.2. The summed E-state index contributed by atoms with van der Waals surface area (Å²) >= 11 is 0. The maximum atomic E-state index is 11.9. The molecule has 2 unspecified atom stereocenters. The number of carbonyl (C=O) groups is 2. The van der Waals surface area contributed by atoms with Crippen molar-refractivity contribution in [3.63, 3.8) is 0 Å². The maximum absolute atomic E-state index is 11.9. The van der Waals surface area contributed by atoms with Gasteiger partial charge in [-0.15, -0.1) is 0 Å². The van der Waals surface area contributed by atoms with E-state index in [1.54, 1.807) is 7.05 Å². The summed E-state index contributed by atoms with van der Waals surface area (Å²) in [6.07, 6.45) is 6.54. The van der Waals surface area contributed by atoms with Crippen LogP contribution in [-0.4, -0.2) is 49.4 Å². The Morgan fingerprint density at radius 1 is 1.25 bits per heavy atom. The Balaban J connectivity index is 2.59. The minimum Gasteiger partial charge on any atom is -0.357 e.